The Hall–Kier alpha value is -2.57. The van der Waals surface area contributed by atoms with E-state index in [2.05, 4.69) is 5.32 Å². The molecule has 0 aliphatic heterocycles. The fourth-order valence-electron chi connectivity index (χ4n) is 3.02. The minimum Gasteiger partial charge on any atom is -0.496 e. The lowest BCUT2D eigenvalue weighted by Gasteiger charge is -2.31. The van der Waals surface area contributed by atoms with E-state index in [1.165, 1.54) is 7.11 Å². The van der Waals surface area contributed by atoms with Crippen LogP contribution >= 0.6 is 0 Å². The Bertz CT molecular complexity index is 677. The van der Waals surface area contributed by atoms with Gasteiger partial charge in [-0.05, 0) is 45.7 Å². The van der Waals surface area contributed by atoms with Crippen molar-refractivity contribution in [1.82, 2.24) is 10.2 Å². The molecule has 0 saturated heterocycles. The molecule has 2 amide bonds. The molecule has 0 spiro atoms. The molecule has 0 saturated carbocycles. The van der Waals surface area contributed by atoms with Gasteiger partial charge in [-0.25, -0.2) is 4.79 Å². The molecule has 1 aromatic carbocycles. The summed E-state index contributed by atoms with van der Waals surface area (Å²) in [7, 11) is 1.47. The average molecular weight is 392 g/mol. The molecule has 1 atom stereocenters. The minimum atomic E-state index is -0.878. The van der Waals surface area contributed by atoms with Gasteiger partial charge in [0.2, 0.25) is 0 Å². The molecule has 1 rings (SSSR count). The highest BCUT2D eigenvalue weighted by molar-refractivity contribution is 5.99. The number of amides is 2. The van der Waals surface area contributed by atoms with Gasteiger partial charge in [-0.2, -0.15) is 0 Å². The van der Waals surface area contributed by atoms with Crippen molar-refractivity contribution in [2.24, 2.45) is 5.92 Å². The van der Waals surface area contributed by atoms with Gasteiger partial charge in [-0.15, -0.1) is 0 Å². The van der Waals surface area contributed by atoms with E-state index in [9.17, 15) is 14.4 Å². The number of carbonyl (C=O) groups is 3. The average Bonchev–Trinajstić information content (AvgIpc) is 2.62. The first-order chi connectivity index (χ1) is 13.1. The summed E-state index contributed by atoms with van der Waals surface area (Å²) < 4.78 is 10.4. The first-order valence-electron chi connectivity index (χ1n) is 9.51. The standard InChI is InChI=1S/C21H32N2O5/c1-13(2)19(22-20(25)16-10-8-9-11-17(16)27-7)21(26)28-12-18(24)23(14(3)4)15(5)6/h8-11,13-15,19H,12H2,1-7H3,(H,22,25)/t19-/m0/s1. The fourth-order valence-corrected chi connectivity index (χ4v) is 3.02. The van der Waals surface area contributed by atoms with Crippen LogP contribution in [0.1, 0.15) is 51.9 Å². The highest BCUT2D eigenvalue weighted by Crippen LogP contribution is 2.18. The Kier molecular flexibility index (Phi) is 8.96. The molecule has 0 radical (unpaired) electrons. The summed E-state index contributed by atoms with van der Waals surface area (Å²) in [5.74, 6) is -1.15. The molecular formula is C21H32N2O5. The second kappa shape index (κ2) is 10.7. The van der Waals surface area contributed by atoms with E-state index in [0.29, 0.717) is 11.3 Å². The number of carbonyl (C=O) groups excluding carboxylic acids is 3. The highest BCUT2D eigenvalue weighted by atomic mass is 16.5. The molecule has 28 heavy (non-hydrogen) atoms. The Labute approximate surface area is 167 Å². The maximum atomic E-state index is 12.6. The normalized spacial score (nSPS) is 12.1. The van der Waals surface area contributed by atoms with Crippen LogP contribution in [0.15, 0.2) is 24.3 Å². The quantitative estimate of drug-likeness (QED) is 0.653. The lowest BCUT2D eigenvalue weighted by Crippen LogP contribution is -2.48. The van der Waals surface area contributed by atoms with Crippen LogP contribution < -0.4 is 10.1 Å². The Balaban J connectivity index is 2.82. The largest absolute Gasteiger partial charge is 0.496 e. The molecule has 0 aliphatic rings. The summed E-state index contributed by atoms with van der Waals surface area (Å²) >= 11 is 0. The van der Waals surface area contributed by atoms with Gasteiger partial charge >= 0.3 is 5.97 Å². The van der Waals surface area contributed by atoms with Gasteiger partial charge in [0.05, 0.1) is 12.7 Å². The number of methoxy groups -OCH3 is 1. The smallest absolute Gasteiger partial charge is 0.329 e. The van der Waals surface area contributed by atoms with E-state index < -0.39 is 17.9 Å². The molecule has 7 heteroatoms. The molecule has 0 aromatic heterocycles. The van der Waals surface area contributed by atoms with E-state index >= 15 is 0 Å². The molecular weight excluding hydrogens is 360 g/mol. The fraction of sp³-hybridized carbons (Fsp3) is 0.571. The SMILES string of the molecule is COc1ccccc1C(=O)N[C@H](C(=O)OCC(=O)N(C(C)C)C(C)C)C(C)C. The second-order valence-corrected chi connectivity index (χ2v) is 7.49. The Morgan fingerprint density at radius 3 is 2.07 bits per heavy atom. The summed E-state index contributed by atoms with van der Waals surface area (Å²) in [6.07, 6.45) is 0. The third kappa shape index (κ3) is 6.25. The lowest BCUT2D eigenvalue weighted by atomic mass is 10.0. The van der Waals surface area contributed by atoms with Crippen molar-refractivity contribution in [3.63, 3.8) is 0 Å². The zero-order chi connectivity index (χ0) is 21.4. The molecule has 0 fully saturated rings. The van der Waals surface area contributed by atoms with Crippen LogP contribution in [0.2, 0.25) is 0 Å². The Morgan fingerprint density at radius 1 is 1.00 bits per heavy atom. The van der Waals surface area contributed by atoms with E-state index in [4.69, 9.17) is 9.47 Å². The van der Waals surface area contributed by atoms with Crippen LogP contribution in [0.4, 0.5) is 0 Å². The summed E-state index contributed by atoms with van der Waals surface area (Å²) in [4.78, 5) is 39.2. The number of para-hydroxylation sites is 1. The summed E-state index contributed by atoms with van der Waals surface area (Å²) in [6.45, 7) is 10.9. The summed E-state index contributed by atoms with van der Waals surface area (Å²) in [6, 6.07) is 5.87. The van der Waals surface area contributed by atoms with E-state index in [1.807, 2.05) is 27.7 Å². The van der Waals surface area contributed by atoms with E-state index in [0.717, 1.165) is 0 Å². The van der Waals surface area contributed by atoms with Crippen molar-refractivity contribution in [3.8, 4) is 5.75 Å². The summed E-state index contributed by atoms with van der Waals surface area (Å²) in [5, 5.41) is 2.69. The first-order valence-corrected chi connectivity index (χ1v) is 9.51. The number of esters is 1. The molecule has 7 nitrogen and oxygen atoms in total. The van der Waals surface area contributed by atoms with Gasteiger partial charge in [0.25, 0.3) is 11.8 Å². The van der Waals surface area contributed by atoms with Gasteiger partial charge in [0.15, 0.2) is 6.61 Å². The predicted octanol–water partition coefficient (Wildman–Crippen LogP) is 2.64. The zero-order valence-electron chi connectivity index (χ0n) is 17.8. The van der Waals surface area contributed by atoms with Crippen LogP contribution in [0, 0.1) is 5.92 Å². The maximum Gasteiger partial charge on any atom is 0.329 e. The monoisotopic (exact) mass is 392 g/mol. The number of hydrogen-bond acceptors (Lipinski definition) is 5. The lowest BCUT2D eigenvalue weighted by molar-refractivity contribution is -0.155. The van der Waals surface area contributed by atoms with Crippen LogP contribution in [0.25, 0.3) is 0 Å². The van der Waals surface area contributed by atoms with Crippen molar-refractivity contribution in [2.45, 2.75) is 59.7 Å². The number of rotatable bonds is 9. The summed E-state index contributed by atoms with van der Waals surface area (Å²) in [5.41, 5.74) is 0.324. The molecule has 0 aliphatic carbocycles. The van der Waals surface area contributed by atoms with Gasteiger partial charge in [-0.1, -0.05) is 26.0 Å². The highest BCUT2D eigenvalue weighted by Gasteiger charge is 2.29. The van der Waals surface area contributed by atoms with Crippen molar-refractivity contribution in [1.29, 1.82) is 0 Å². The maximum absolute atomic E-state index is 12.6. The van der Waals surface area contributed by atoms with E-state index in [1.54, 1.807) is 43.0 Å². The van der Waals surface area contributed by atoms with Crippen molar-refractivity contribution >= 4 is 17.8 Å². The van der Waals surface area contributed by atoms with Gasteiger partial charge in [0.1, 0.15) is 11.8 Å². The number of nitrogens with one attached hydrogen (secondary N) is 1. The van der Waals surface area contributed by atoms with Gasteiger partial charge in [-0.3, -0.25) is 9.59 Å². The molecule has 0 unspecified atom stereocenters. The minimum absolute atomic E-state index is 0.00246. The molecule has 1 N–H and O–H groups in total. The molecule has 0 heterocycles. The van der Waals surface area contributed by atoms with Gasteiger partial charge in [0, 0.05) is 12.1 Å². The van der Waals surface area contributed by atoms with Crippen molar-refractivity contribution in [3.05, 3.63) is 29.8 Å². The van der Waals surface area contributed by atoms with Crippen LogP contribution in [0.3, 0.4) is 0 Å². The van der Waals surface area contributed by atoms with Crippen molar-refractivity contribution in [2.75, 3.05) is 13.7 Å². The zero-order valence-corrected chi connectivity index (χ0v) is 17.8. The topological polar surface area (TPSA) is 84.9 Å². The molecule has 156 valence electrons. The van der Waals surface area contributed by atoms with Crippen LogP contribution in [-0.2, 0) is 14.3 Å². The number of hydrogen-bond donors (Lipinski definition) is 1. The Morgan fingerprint density at radius 2 is 1.57 bits per heavy atom. The molecule has 1 aromatic rings. The van der Waals surface area contributed by atoms with E-state index in [-0.39, 0.29) is 30.5 Å². The second-order valence-electron chi connectivity index (χ2n) is 7.49. The predicted molar refractivity (Wildman–Crippen MR) is 107 cm³/mol. The third-order valence-electron chi connectivity index (χ3n) is 4.30. The van der Waals surface area contributed by atoms with Gasteiger partial charge < -0.3 is 19.7 Å². The van der Waals surface area contributed by atoms with Crippen LogP contribution in [-0.4, -0.2) is 54.5 Å². The van der Waals surface area contributed by atoms with Crippen LogP contribution in [0.5, 0.6) is 5.75 Å². The molecule has 0 bridgehead atoms. The number of nitrogens with zero attached hydrogens (tertiary/aromatic N) is 1. The van der Waals surface area contributed by atoms with Crippen molar-refractivity contribution < 1.29 is 23.9 Å². The number of ether oxygens (including phenoxy) is 2. The first kappa shape index (κ1) is 23.5. The third-order valence-corrected chi connectivity index (χ3v) is 4.30. The number of benzene rings is 1.